The molecule has 0 aliphatic carbocycles. The Bertz CT molecular complexity index is 984. The molecular weight excluding hydrogens is 486 g/mol. The number of para-hydroxylation sites is 1. The molecular formula is C22H28BrNO6S. The summed E-state index contributed by atoms with van der Waals surface area (Å²) in [6.45, 7) is 0.871. The van der Waals surface area contributed by atoms with E-state index in [4.69, 9.17) is 14.2 Å². The van der Waals surface area contributed by atoms with Crippen molar-refractivity contribution in [1.29, 1.82) is 0 Å². The summed E-state index contributed by atoms with van der Waals surface area (Å²) in [6, 6.07) is 12.9. The minimum Gasteiger partial charge on any atom is -0.493 e. The number of rotatable bonds is 10. The summed E-state index contributed by atoms with van der Waals surface area (Å²) in [5.74, 6) is 2.15. The van der Waals surface area contributed by atoms with Gasteiger partial charge in [-0.1, -0.05) is 18.2 Å². The van der Waals surface area contributed by atoms with Crippen LogP contribution < -0.4 is 14.2 Å². The molecule has 9 heteroatoms. The average molecular weight is 514 g/mol. The van der Waals surface area contributed by atoms with Crippen molar-refractivity contribution >= 4 is 25.8 Å². The first-order chi connectivity index (χ1) is 14.8. The van der Waals surface area contributed by atoms with E-state index in [0.29, 0.717) is 36.8 Å². The maximum atomic E-state index is 12.1. The smallest absolute Gasteiger partial charge is 0.161 e. The highest BCUT2D eigenvalue weighted by molar-refractivity contribution is 9.10. The molecule has 31 heavy (non-hydrogen) atoms. The van der Waals surface area contributed by atoms with E-state index in [1.165, 1.54) is 0 Å². The first-order valence-electron chi connectivity index (χ1n) is 10.0. The molecule has 7 nitrogen and oxygen atoms in total. The highest BCUT2D eigenvalue weighted by atomic mass is 79.9. The molecule has 0 radical (unpaired) electrons. The largest absolute Gasteiger partial charge is 0.493 e. The van der Waals surface area contributed by atoms with E-state index < -0.39 is 15.9 Å². The van der Waals surface area contributed by atoms with E-state index in [-0.39, 0.29) is 24.2 Å². The number of sulfone groups is 1. The Morgan fingerprint density at radius 3 is 2.52 bits per heavy atom. The maximum Gasteiger partial charge on any atom is 0.161 e. The molecule has 1 fully saturated rings. The summed E-state index contributed by atoms with van der Waals surface area (Å²) >= 11 is 3.43. The molecule has 0 spiro atoms. The van der Waals surface area contributed by atoms with Crippen molar-refractivity contribution in [2.45, 2.75) is 25.1 Å². The Labute approximate surface area is 192 Å². The van der Waals surface area contributed by atoms with Crippen molar-refractivity contribution in [3.8, 4) is 17.2 Å². The molecule has 0 amide bonds. The van der Waals surface area contributed by atoms with Crippen molar-refractivity contribution in [3.63, 3.8) is 0 Å². The zero-order chi connectivity index (χ0) is 22.4. The van der Waals surface area contributed by atoms with E-state index >= 15 is 0 Å². The van der Waals surface area contributed by atoms with Crippen LogP contribution in [-0.2, 0) is 16.4 Å². The summed E-state index contributed by atoms with van der Waals surface area (Å²) in [6.07, 6.45) is -0.233. The van der Waals surface area contributed by atoms with Gasteiger partial charge in [0.15, 0.2) is 21.3 Å². The normalized spacial score (nSPS) is 18.7. The van der Waals surface area contributed by atoms with Crippen molar-refractivity contribution in [3.05, 3.63) is 52.5 Å². The Morgan fingerprint density at radius 1 is 1.13 bits per heavy atom. The summed E-state index contributed by atoms with van der Waals surface area (Å²) in [5, 5.41) is 10.6. The lowest BCUT2D eigenvalue weighted by atomic mass is 10.1. The second-order valence-electron chi connectivity index (χ2n) is 7.57. The molecule has 1 aliphatic heterocycles. The molecule has 1 aliphatic rings. The van der Waals surface area contributed by atoms with E-state index in [1.54, 1.807) is 14.2 Å². The summed E-state index contributed by atoms with van der Waals surface area (Å²) < 4.78 is 41.4. The predicted molar refractivity (Wildman–Crippen MR) is 123 cm³/mol. The minimum atomic E-state index is -3.06. The molecule has 3 rings (SSSR count). The third kappa shape index (κ3) is 6.58. The van der Waals surface area contributed by atoms with Crippen molar-refractivity contribution in [2.75, 3.05) is 38.9 Å². The van der Waals surface area contributed by atoms with Gasteiger partial charge in [0.2, 0.25) is 0 Å². The first-order valence-corrected chi connectivity index (χ1v) is 12.6. The predicted octanol–water partition coefficient (Wildman–Crippen LogP) is 2.90. The fraction of sp³-hybridized carbons (Fsp3) is 0.455. The number of nitrogens with zero attached hydrogens (tertiary/aromatic N) is 1. The van der Waals surface area contributed by atoms with Gasteiger partial charge in [-0.2, -0.15) is 0 Å². The Balaban J connectivity index is 1.71. The van der Waals surface area contributed by atoms with E-state index in [1.807, 2.05) is 47.4 Å². The number of hydrogen-bond donors (Lipinski definition) is 1. The number of hydrogen-bond acceptors (Lipinski definition) is 7. The second-order valence-corrected chi connectivity index (χ2v) is 10.7. The fourth-order valence-corrected chi connectivity index (χ4v) is 5.85. The van der Waals surface area contributed by atoms with Crippen LogP contribution in [0.5, 0.6) is 17.2 Å². The lowest BCUT2D eigenvalue weighted by molar-refractivity contribution is 0.0522. The van der Waals surface area contributed by atoms with Crippen LogP contribution in [0.4, 0.5) is 0 Å². The van der Waals surface area contributed by atoms with Gasteiger partial charge in [-0.15, -0.1) is 0 Å². The summed E-state index contributed by atoms with van der Waals surface area (Å²) in [4.78, 5) is 2.01. The lowest BCUT2D eigenvalue weighted by Crippen LogP contribution is -2.42. The molecule has 0 saturated carbocycles. The van der Waals surface area contributed by atoms with Gasteiger partial charge < -0.3 is 19.3 Å². The number of aliphatic hydroxyl groups excluding tert-OH is 1. The Kier molecular flexibility index (Phi) is 8.21. The van der Waals surface area contributed by atoms with Crippen LogP contribution in [-0.4, -0.2) is 69.4 Å². The summed E-state index contributed by atoms with van der Waals surface area (Å²) in [7, 11) is 0.0948. The average Bonchev–Trinajstić information content (AvgIpc) is 3.12. The molecule has 2 aromatic carbocycles. The molecule has 170 valence electrons. The van der Waals surface area contributed by atoms with Gasteiger partial charge in [-0.05, 0) is 52.2 Å². The third-order valence-corrected chi connectivity index (χ3v) is 7.68. The summed E-state index contributed by atoms with van der Waals surface area (Å²) in [5.41, 5.74) is 0.945. The highest BCUT2D eigenvalue weighted by Gasteiger charge is 2.33. The molecule has 0 aromatic heterocycles. The van der Waals surface area contributed by atoms with Gasteiger partial charge in [0, 0.05) is 19.1 Å². The van der Waals surface area contributed by atoms with Crippen molar-refractivity contribution in [2.24, 2.45) is 0 Å². The number of ether oxygens (including phenoxy) is 3. The van der Waals surface area contributed by atoms with Gasteiger partial charge in [0.05, 0.1) is 30.2 Å². The topological polar surface area (TPSA) is 85.3 Å². The van der Waals surface area contributed by atoms with Crippen LogP contribution in [0.1, 0.15) is 12.0 Å². The van der Waals surface area contributed by atoms with Crippen LogP contribution in [0, 0.1) is 0 Å². The molecule has 2 aromatic rings. The zero-order valence-corrected chi connectivity index (χ0v) is 20.1. The number of halogens is 1. The standard InChI is InChI=1S/C22H28BrNO6S/c1-28-21-8-7-16(11-22(21)29-2)12-24(17-9-10-31(26,27)15-17)13-18(25)14-30-20-6-4-3-5-19(20)23/h3-8,11,17-18,25H,9-10,12-15H2,1-2H3. The van der Waals surface area contributed by atoms with Crippen LogP contribution in [0.15, 0.2) is 46.9 Å². The minimum absolute atomic E-state index is 0.0953. The van der Waals surface area contributed by atoms with Gasteiger partial charge in [-0.3, -0.25) is 4.90 Å². The van der Waals surface area contributed by atoms with Crippen LogP contribution in [0.3, 0.4) is 0 Å². The molecule has 1 saturated heterocycles. The van der Waals surface area contributed by atoms with E-state index in [9.17, 15) is 13.5 Å². The lowest BCUT2D eigenvalue weighted by Gasteiger charge is -2.30. The molecule has 2 unspecified atom stereocenters. The van der Waals surface area contributed by atoms with Gasteiger partial charge in [0.1, 0.15) is 18.5 Å². The quantitative estimate of drug-likeness (QED) is 0.522. The highest BCUT2D eigenvalue weighted by Crippen LogP contribution is 2.29. The van der Waals surface area contributed by atoms with Crippen molar-refractivity contribution < 1.29 is 27.7 Å². The maximum absolute atomic E-state index is 12.1. The molecule has 2 atom stereocenters. The fourth-order valence-electron chi connectivity index (χ4n) is 3.69. The second kappa shape index (κ2) is 10.7. The van der Waals surface area contributed by atoms with Gasteiger partial charge in [0.25, 0.3) is 0 Å². The monoisotopic (exact) mass is 513 g/mol. The Hall–Kier alpha value is -1.81. The number of methoxy groups -OCH3 is 2. The van der Waals surface area contributed by atoms with Crippen LogP contribution in [0.2, 0.25) is 0 Å². The zero-order valence-electron chi connectivity index (χ0n) is 17.7. The van der Waals surface area contributed by atoms with E-state index in [0.717, 1.165) is 10.0 Å². The third-order valence-electron chi connectivity index (χ3n) is 5.27. The molecule has 0 bridgehead atoms. The molecule has 1 heterocycles. The Morgan fingerprint density at radius 2 is 1.87 bits per heavy atom. The van der Waals surface area contributed by atoms with Crippen LogP contribution >= 0.6 is 15.9 Å². The van der Waals surface area contributed by atoms with Gasteiger partial charge in [-0.25, -0.2) is 8.42 Å². The number of aliphatic hydroxyl groups is 1. The number of benzene rings is 2. The van der Waals surface area contributed by atoms with Crippen molar-refractivity contribution in [1.82, 2.24) is 4.90 Å². The molecule has 1 N–H and O–H groups in total. The van der Waals surface area contributed by atoms with E-state index in [2.05, 4.69) is 15.9 Å². The van der Waals surface area contributed by atoms with Gasteiger partial charge >= 0.3 is 0 Å². The first kappa shape index (κ1) is 23.8. The SMILES string of the molecule is COc1ccc(CN(CC(O)COc2ccccc2Br)C2CCS(=O)(=O)C2)cc1OC. The van der Waals surface area contributed by atoms with Crippen LogP contribution in [0.25, 0.3) is 0 Å².